The number of amides is 1. The van der Waals surface area contributed by atoms with Crippen molar-refractivity contribution in [3.63, 3.8) is 0 Å². The van der Waals surface area contributed by atoms with Gasteiger partial charge in [0.05, 0.1) is 0 Å². The van der Waals surface area contributed by atoms with Crippen LogP contribution in [0.3, 0.4) is 0 Å². The Bertz CT molecular complexity index is 238. The highest BCUT2D eigenvalue weighted by Crippen LogP contribution is 2.33. The van der Waals surface area contributed by atoms with Crippen LogP contribution >= 0.6 is 0 Å². The zero-order chi connectivity index (χ0) is 11.4. The van der Waals surface area contributed by atoms with Crippen molar-refractivity contribution in [3.05, 3.63) is 0 Å². The van der Waals surface area contributed by atoms with Crippen LogP contribution in [0, 0.1) is 11.8 Å². The maximum atomic E-state index is 11.9. The first-order valence-corrected chi connectivity index (χ1v) is 6.77. The summed E-state index contributed by atoms with van der Waals surface area (Å²) < 4.78 is 0. The average Bonchev–Trinajstić information content (AvgIpc) is 3.08. The summed E-state index contributed by atoms with van der Waals surface area (Å²) >= 11 is 0. The van der Waals surface area contributed by atoms with Gasteiger partial charge in [0.15, 0.2) is 0 Å². The summed E-state index contributed by atoms with van der Waals surface area (Å²) in [5.41, 5.74) is 0. The van der Waals surface area contributed by atoms with Crippen molar-refractivity contribution in [1.29, 1.82) is 0 Å². The summed E-state index contributed by atoms with van der Waals surface area (Å²) in [6, 6.07) is 0.496. The molecule has 3 nitrogen and oxygen atoms in total. The second-order valence-corrected chi connectivity index (χ2v) is 5.45. The van der Waals surface area contributed by atoms with Crippen LogP contribution in [0.2, 0.25) is 0 Å². The van der Waals surface area contributed by atoms with Gasteiger partial charge in [0.1, 0.15) is 0 Å². The number of rotatable bonds is 5. The van der Waals surface area contributed by atoms with Gasteiger partial charge in [-0.1, -0.05) is 12.8 Å². The molecule has 2 aliphatic rings. The van der Waals surface area contributed by atoms with E-state index >= 15 is 0 Å². The van der Waals surface area contributed by atoms with E-state index in [0.717, 1.165) is 38.3 Å². The maximum Gasteiger partial charge on any atom is 0.223 e. The van der Waals surface area contributed by atoms with Crippen LogP contribution in [-0.4, -0.2) is 25.0 Å². The van der Waals surface area contributed by atoms with Gasteiger partial charge in [0, 0.05) is 18.5 Å². The van der Waals surface area contributed by atoms with E-state index in [1.165, 1.54) is 19.3 Å². The van der Waals surface area contributed by atoms with Gasteiger partial charge in [-0.2, -0.15) is 0 Å². The van der Waals surface area contributed by atoms with Crippen LogP contribution < -0.4 is 10.6 Å². The molecule has 1 amide bonds. The molecule has 92 valence electrons. The molecule has 2 N–H and O–H groups in total. The third kappa shape index (κ3) is 3.78. The minimum atomic E-state index is 0.247. The monoisotopic (exact) mass is 224 g/mol. The first-order chi connectivity index (χ1) is 7.75. The predicted octanol–water partition coefficient (Wildman–Crippen LogP) is 1.68. The van der Waals surface area contributed by atoms with Crippen molar-refractivity contribution < 1.29 is 4.79 Å². The SMILES string of the molecule is CC1CC(C(=O)NCCCC2CC2)CCN1. The molecule has 0 bridgehead atoms. The lowest BCUT2D eigenvalue weighted by atomic mass is 9.92. The van der Waals surface area contributed by atoms with Crippen LogP contribution in [0.25, 0.3) is 0 Å². The highest BCUT2D eigenvalue weighted by Gasteiger charge is 2.24. The molecular formula is C13H24N2O. The minimum Gasteiger partial charge on any atom is -0.356 e. The van der Waals surface area contributed by atoms with Crippen LogP contribution in [0.1, 0.15) is 45.4 Å². The van der Waals surface area contributed by atoms with Gasteiger partial charge in [-0.3, -0.25) is 4.79 Å². The molecule has 2 unspecified atom stereocenters. The summed E-state index contributed by atoms with van der Waals surface area (Å²) in [5.74, 6) is 1.51. The Balaban J connectivity index is 1.58. The molecule has 1 saturated heterocycles. The second-order valence-electron chi connectivity index (χ2n) is 5.45. The van der Waals surface area contributed by atoms with Crippen molar-refractivity contribution in [2.75, 3.05) is 13.1 Å². The summed E-state index contributed by atoms with van der Waals surface area (Å²) in [7, 11) is 0. The van der Waals surface area contributed by atoms with E-state index in [1.54, 1.807) is 0 Å². The molecule has 3 heteroatoms. The van der Waals surface area contributed by atoms with E-state index in [4.69, 9.17) is 0 Å². The lowest BCUT2D eigenvalue weighted by molar-refractivity contribution is -0.126. The molecular weight excluding hydrogens is 200 g/mol. The number of hydrogen-bond acceptors (Lipinski definition) is 2. The molecule has 1 aliphatic heterocycles. The summed E-state index contributed by atoms with van der Waals surface area (Å²) in [6.45, 7) is 4.03. The summed E-state index contributed by atoms with van der Waals surface area (Å²) in [5, 5.41) is 6.47. The van der Waals surface area contributed by atoms with E-state index in [-0.39, 0.29) is 11.8 Å². The van der Waals surface area contributed by atoms with Gasteiger partial charge in [-0.25, -0.2) is 0 Å². The second kappa shape index (κ2) is 5.67. The van der Waals surface area contributed by atoms with E-state index in [1.807, 2.05) is 0 Å². The molecule has 2 fully saturated rings. The van der Waals surface area contributed by atoms with Crippen molar-refractivity contribution in [2.45, 2.75) is 51.5 Å². The molecule has 0 spiro atoms. The Kier molecular flexibility index (Phi) is 4.22. The Labute approximate surface area is 98.4 Å². The van der Waals surface area contributed by atoms with Crippen LogP contribution in [0.4, 0.5) is 0 Å². The van der Waals surface area contributed by atoms with Crippen LogP contribution in [0.15, 0.2) is 0 Å². The first kappa shape index (κ1) is 11.9. The molecule has 0 aromatic carbocycles. The van der Waals surface area contributed by atoms with Gasteiger partial charge < -0.3 is 10.6 Å². The predicted molar refractivity (Wildman–Crippen MR) is 65.2 cm³/mol. The molecule has 1 saturated carbocycles. The standard InChI is InChI=1S/C13H24N2O/c1-10-9-12(6-8-14-10)13(16)15-7-2-3-11-4-5-11/h10-12,14H,2-9H2,1H3,(H,15,16). The summed E-state index contributed by atoms with van der Waals surface area (Å²) in [6.07, 6.45) is 7.30. The fraction of sp³-hybridized carbons (Fsp3) is 0.923. The van der Waals surface area contributed by atoms with E-state index in [0.29, 0.717) is 6.04 Å². The molecule has 2 rings (SSSR count). The first-order valence-electron chi connectivity index (χ1n) is 6.77. The molecule has 0 radical (unpaired) electrons. The number of hydrogen-bond donors (Lipinski definition) is 2. The molecule has 0 aromatic heterocycles. The van der Waals surface area contributed by atoms with Gasteiger partial charge in [-0.05, 0) is 45.1 Å². The maximum absolute atomic E-state index is 11.9. The fourth-order valence-electron chi connectivity index (χ4n) is 2.52. The highest BCUT2D eigenvalue weighted by molar-refractivity contribution is 5.78. The van der Waals surface area contributed by atoms with Crippen LogP contribution in [0.5, 0.6) is 0 Å². The Morgan fingerprint density at radius 3 is 2.88 bits per heavy atom. The molecule has 0 aromatic rings. The summed E-state index contributed by atoms with van der Waals surface area (Å²) in [4.78, 5) is 11.9. The third-order valence-corrected chi connectivity index (χ3v) is 3.78. The largest absolute Gasteiger partial charge is 0.356 e. The normalized spacial score (nSPS) is 30.1. The van der Waals surface area contributed by atoms with Gasteiger partial charge in [0.2, 0.25) is 5.91 Å². The number of nitrogens with one attached hydrogen (secondary N) is 2. The van der Waals surface area contributed by atoms with Gasteiger partial charge >= 0.3 is 0 Å². The average molecular weight is 224 g/mol. The molecule has 2 atom stereocenters. The van der Waals surface area contributed by atoms with Crippen molar-refractivity contribution in [1.82, 2.24) is 10.6 Å². The van der Waals surface area contributed by atoms with Gasteiger partial charge in [-0.15, -0.1) is 0 Å². The van der Waals surface area contributed by atoms with E-state index in [2.05, 4.69) is 17.6 Å². The zero-order valence-corrected chi connectivity index (χ0v) is 10.3. The van der Waals surface area contributed by atoms with E-state index < -0.39 is 0 Å². The lowest BCUT2D eigenvalue weighted by Gasteiger charge is -2.27. The number of carbonyl (C=O) groups excluding carboxylic acids is 1. The quantitative estimate of drug-likeness (QED) is 0.698. The van der Waals surface area contributed by atoms with E-state index in [9.17, 15) is 4.79 Å². The Morgan fingerprint density at radius 2 is 2.19 bits per heavy atom. The molecule has 1 heterocycles. The highest BCUT2D eigenvalue weighted by atomic mass is 16.1. The lowest BCUT2D eigenvalue weighted by Crippen LogP contribution is -2.42. The Hall–Kier alpha value is -0.570. The van der Waals surface area contributed by atoms with Gasteiger partial charge in [0.25, 0.3) is 0 Å². The smallest absolute Gasteiger partial charge is 0.223 e. The number of piperidine rings is 1. The number of carbonyl (C=O) groups is 1. The topological polar surface area (TPSA) is 41.1 Å². The van der Waals surface area contributed by atoms with Crippen LogP contribution in [-0.2, 0) is 4.79 Å². The van der Waals surface area contributed by atoms with Crippen molar-refractivity contribution in [2.24, 2.45) is 11.8 Å². The van der Waals surface area contributed by atoms with Crippen molar-refractivity contribution in [3.8, 4) is 0 Å². The third-order valence-electron chi connectivity index (χ3n) is 3.78. The minimum absolute atomic E-state index is 0.247. The van der Waals surface area contributed by atoms with Crippen molar-refractivity contribution >= 4 is 5.91 Å². The Morgan fingerprint density at radius 1 is 1.38 bits per heavy atom. The molecule has 1 aliphatic carbocycles. The fourth-order valence-corrected chi connectivity index (χ4v) is 2.52. The molecule has 16 heavy (non-hydrogen) atoms. The zero-order valence-electron chi connectivity index (χ0n) is 10.3.